The Balaban J connectivity index is 1.50. The van der Waals surface area contributed by atoms with Gasteiger partial charge >= 0.3 is 0 Å². The van der Waals surface area contributed by atoms with E-state index < -0.39 is 0 Å². The van der Waals surface area contributed by atoms with Crippen molar-refractivity contribution in [3.63, 3.8) is 0 Å². The zero-order valence-electron chi connectivity index (χ0n) is 12.8. The van der Waals surface area contributed by atoms with Crippen LogP contribution in [0.3, 0.4) is 0 Å². The smallest absolute Gasteiger partial charge is 0.134 e. The Bertz CT molecular complexity index is 633. The predicted molar refractivity (Wildman–Crippen MR) is 88.1 cm³/mol. The Hall–Kier alpha value is -1.77. The fraction of sp³-hybridized carbons (Fsp3) is 0.533. The van der Waals surface area contributed by atoms with Gasteiger partial charge in [0.1, 0.15) is 29.1 Å². The number of anilines is 2. The SMILES string of the molecule is c1nc(N2CCOCC2)cc(N2CCOC(c3nccs3)C2)n1. The van der Waals surface area contributed by atoms with E-state index in [0.29, 0.717) is 6.61 Å². The van der Waals surface area contributed by atoms with Gasteiger partial charge in [-0.2, -0.15) is 0 Å². The van der Waals surface area contributed by atoms with Crippen LogP contribution in [0.2, 0.25) is 0 Å². The minimum Gasteiger partial charge on any atom is -0.378 e. The van der Waals surface area contributed by atoms with Gasteiger partial charge in [-0.05, 0) is 0 Å². The summed E-state index contributed by atoms with van der Waals surface area (Å²) in [5.41, 5.74) is 0. The van der Waals surface area contributed by atoms with E-state index in [9.17, 15) is 0 Å². The van der Waals surface area contributed by atoms with Crippen LogP contribution in [-0.2, 0) is 9.47 Å². The fourth-order valence-corrected chi connectivity index (χ4v) is 3.55. The summed E-state index contributed by atoms with van der Waals surface area (Å²) in [6.45, 7) is 5.55. The van der Waals surface area contributed by atoms with Gasteiger partial charge in [-0.3, -0.25) is 0 Å². The van der Waals surface area contributed by atoms with Gasteiger partial charge in [-0.15, -0.1) is 11.3 Å². The number of thiazole rings is 1. The van der Waals surface area contributed by atoms with Crippen LogP contribution in [0, 0.1) is 0 Å². The van der Waals surface area contributed by atoms with Gasteiger partial charge in [-0.1, -0.05) is 0 Å². The van der Waals surface area contributed by atoms with Crippen LogP contribution >= 0.6 is 11.3 Å². The van der Waals surface area contributed by atoms with Crippen molar-refractivity contribution >= 4 is 23.0 Å². The molecule has 2 aliphatic heterocycles. The monoisotopic (exact) mass is 333 g/mol. The Morgan fingerprint density at radius 1 is 1.00 bits per heavy atom. The number of hydrogen-bond acceptors (Lipinski definition) is 8. The molecule has 4 heterocycles. The van der Waals surface area contributed by atoms with Gasteiger partial charge in [0.05, 0.1) is 26.4 Å². The molecule has 0 aliphatic carbocycles. The van der Waals surface area contributed by atoms with Crippen LogP contribution in [0.4, 0.5) is 11.6 Å². The first-order valence-electron chi connectivity index (χ1n) is 7.81. The molecule has 7 nitrogen and oxygen atoms in total. The number of ether oxygens (including phenoxy) is 2. The maximum atomic E-state index is 5.86. The molecule has 0 spiro atoms. The first kappa shape index (κ1) is 14.8. The lowest BCUT2D eigenvalue weighted by molar-refractivity contribution is 0.0393. The average molecular weight is 333 g/mol. The molecule has 0 saturated carbocycles. The van der Waals surface area contributed by atoms with Crippen LogP contribution in [0.5, 0.6) is 0 Å². The van der Waals surface area contributed by atoms with Crippen molar-refractivity contribution in [2.24, 2.45) is 0 Å². The summed E-state index contributed by atoms with van der Waals surface area (Å²) in [5, 5.41) is 3.01. The zero-order chi connectivity index (χ0) is 15.5. The molecule has 2 aliphatic rings. The van der Waals surface area contributed by atoms with Crippen molar-refractivity contribution < 1.29 is 9.47 Å². The van der Waals surface area contributed by atoms with Crippen molar-refractivity contribution in [1.82, 2.24) is 15.0 Å². The summed E-state index contributed by atoms with van der Waals surface area (Å²) < 4.78 is 11.3. The number of morpholine rings is 2. The molecule has 1 atom stereocenters. The summed E-state index contributed by atoms with van der Waals surface area (Å²) in [6, 6.07) is 2.07. The van der Waals surface area contributed by atoms with E-state index in [1.807, 2.05) is 11.6 Å². The summed E-state index contributed by atoms with van der Waals surface area (Å²) in [5.74, 6) is 1.92. The number of hydrogen-bond donors (Lipinski definition) is 0. The Labute approximate surface area is 138 Å². The van der Waals surface area contributed by atoms with Gasteiger partial charge in [0.2, 0.25) is 0 Å². The summed E-state index contributed by atoms with van der Waals surface area (Å²) in [7, 11) is 0. The molecule has 0 aromatic carbocycles. The topological polar surface area (TPSA) is 63.6 Å². The Morgan fingerprint density at radius 2 is 1.78 bits per heavy atom. The quantitative estimate of drug-likeness (QED) is 0.840. The Kier molecular flexibility index (Phi) is 4.36. The van der Waals surface area contributed by atoms with E-state index in [1.54, 1.807) is 17.7 Å². The van der Waals surface area contributed by atoms with Gasteiger partial charge in [0.25, 0.3) is 0 Å². The van der Waals surface area contributed by atoms with Gasteiger partial charge < -0.3 is 19.3 Å². The first-order chi connectivity index (χ1) is 11.4. The lowest BCUT2D eigenvalue weighted by Crippen LogP contribution is -2.39. The number of nitrogens with zero attached hydrogens (tertiary/aromatic N) is 5. The largest absolute Gasteiger partial charge is 0.378 e. The molecule has 2 aromatic rings. The van der Waals surface area contributed by atoms with Crippen molar-refractivity contribution in [3.8, 4) is 0 Å². The lowest BCUT2D eigenvalue weighted by Gasteiger charge is -2.33. The lowest BCUT2D eigenvalue weighted by atomic mass is 10.2. The highest BCUT2D eigenvalue weighted by Crippen LogP contribution is 2.27. The molecule has 1 unspecified atom stereocenters. The summed E-state index contributed by atoms with van der Waals surface area (Å²) in [4.78, 5) is 17.7. The second-order valence-corrected chi connectivity index (χ2v) is 6.44. The molecule has 8 heteroatoms. The van der Waals surface area contributed by atoms with Crippen molar-refractivity contribution in [2.75, 3.05) is 55.8 Å². The van der Waals surface area contributed by atoms with E-state index >= 15 is 0 Å². The Morgan fingerprint density at radius 3 is 2.57 bits per heavy atom. The van der Waals surface area contributed by atoms with Crippen LogP contribution in [-0.4, -0.2) is 61.0 Å². The average Bonchev–Trinajstić information content (AvgIpc) is 3.18. The van der Waals surface area contributed by atoms with Crippen molar-refractivity contribution in [1.29, 1.82) is 0 Å². The molecule has 0 bridgehead atoms. The maximum absolute atomic E-state index is 5.86. The van der Waals surface area contributed by atoms with Gasteiger partial charge in [0, 0.05) is 37.3 Å². The number of rotatable bonds is 3. The third-order valence-corrected chi connectivity index (χ3v) is 4.96. The van der Waals surface area contributed by atoms with E-state index in [0.717, 1.165) is 56.0 Å². The maximum Gasteiger partial charge on any atom is 0.134 e. The van der Waals surface area contributed by atoms with E-state index in [4.69, 9.17) is 9.47 Å². The minimum absolute atomic E-state index is 0.0190. The molecule has 2 fully saturated rings. The number of aromatic nitrogens is 3. The second-order valence-electron chi connectivity index (χ2n) is 5.51. The second kappa shape index (κ2) is 6.77. The van der Waals surface area contributed by atoms with Crippen LogP contribution in [0.25, 0.3) is 0 Å². The van der Waals surface area contributed by atoms with Crippen LogP contribution in [0.15, 0.2) is 24.0 Å². The highest BCUT2D eigenvalue weighted by atomic mass is 32.1. The molecular formula is C15H19N5O2S. The van der Waals surface area contributed by atoms with E-state index in [1.165, 1.54) is 0 Å². The van der Waals surface area contributed by atoms with Gasteiger partial charge in [-0.25, -0.2) is 15.0 Å². The van der Waals surface area contributed by atoms with Crippen LogP contribution < -0.4 is 9.80 Å². The van der Waals surface area contributed by atoms with E-state index in [-0.39, 0.29) is 6.10 Å². The highest BCUT2D eigenvalue weighted by molar-refractivity contribution is 7.09. The molecule has 122 valence electrons. The van der Waals surface area contributed by atoms with Crippen molar-refractivity contribution in [3.05, 3.63) is 29.0 Å². The molecule has 2 saturated heterocycles. The molecular weight excluding hydrogens is 314 g/mol. The molecule has 23 heavy (non-hydrogen) atoms. The molecule has 0 N–H and O–H groups in total. The summed E-state index contributed by atoms with van der Waals surface area (Å²) >= 11 is 1.63. The third kappa shape index (κ3) is 3.29. The highest BCUT2D eigenvalue weighted by Gasteiger charge is 2.25. The van der Waals surface area contributed by atoms with Crippen LogP contribution in [0.1, 0.15) is 11.1 Å². The van der Waals surface area contributed by atoms with Gasteiger partial charge in [0.15, 0.2) is 0 Å². The first-order valence-corrected chi connectivity index (χ1v) is 8.69. The summed E-state index contributed by atoms with van der Waals surface area (Å²) in [6.07, 6.45) is 3.49. The predicted octanol–water partition coefficient (Wildman–Crippen LogP) is 1.35. The normalized spacial score (nSPS) is 22.3. The van der Waals surface area contributed by atoms with E-state index in [2.05, 4.69) is 30.8 Å². The standard InChI is InChI=1S/C15H19N5O2S/c1-8-23-15(16-1)12-10-20(4-7-22-12)14-9-13(17-11-18-14)19-2-5-21-6-3-19/h1,8-9,11-12H,2-7,10H2. The fourth-order valence-electron chi connectivity index (χ4n) is 2.88. The molecule has 0 amide bonds. The van der Waals surface area contributed by atoms with Crippen molar-refractivity contribution in [2.45, 2.75) is 6.10 Å². The molecule has 2 aromatic heterocycles. The minimum atomic E-state index is 0.0190. The molecule has 4 rings (SSSR count). The zero-order valence-corrected chi connectivity index (χ0v) is 13.6. The third-order valence-electron chi connectivity index (χ3n) is 4.09. The molecule has 0 radical (unpaired) electrons.